The van der Waals surface area contributed by atoms with E-state index in [-0.39, 0.29) is 4.90 Å². The van der Waals surface area contributed by atoms with Crippen molar-refractivity contribution >= 4 is 42.4 Å². The van der Waals surface area contributed by atoms with E-state index in [1.165, 1.54) is 11.3 Å². The molecule has 0 unspecified atom stereocenters. The Hall–Kier alpha value is -0.990. The fourth-order valence-corrected chi connectivity index (χ4v) is 4.24. The Morgan fingerprint density at radius 1 is 1.14 bits per heavy atom. The minimum absolute atomic E-state index is 0.229. The van der Waals surface area contributed by atoms with Gasteiger partial charge < -0.3 is 0 Å². The van der Waals surface area contributed by atoms with Crippen molar-refractivity contribution < 1.29 is 8.42 Å². The second-order valence-corrected chi connectivity index (χ2v) is 8.46. The summed E-state index contributed by atoms with van der Waals surface area (Å²) in [5, 5.41) is 10.1. The van der Waals surface area contributed by atoms with E-state index in [1.54, 1.807) is 24.3 Å². The van der Waals surface area contributed by atoms with Crippen LogP contribution >= 0.6 is 27.3 Å². The largest absolute Gasteiger partial charge is 0.263 e. The van der Waals surface area contributed by atoms with Gasteiger partial charge >= 0.3 is 0 Å². The molecule has 0 saturated heterocycles. The summed E-state index contributed by atoms with van der Waals surface area (Å²) < 4.78 is 27.0. The first-order valence-corrected chi connectivity index (χ1v) is 10.4. The second-order valence-electron chi connectivity index (χ2n) is 4.92. The first-order valence-electron chi connectivity index (χ1n) is 6.99. The summed E-state index contributed by atoms with van der Waals surface area (Å²) in [7, 11) is -3.59. The van der Waals surface area contributed by atoms with Crippen molar-refractivity contribution in [3.8, 4) is 0 Å². The van der Waals surface area contributed by atoms with Gasteiger partial charge in [-0.05, 0) is 31.9 Å². The number of rotatable bonds is 8. The fraction of sp³-hybridized carbons (Fsp3) is 0.429. The lowest BCUT2D eigenvalue weighted by Gasteiger charge is -2.04. The zero-order valence-electron chi connectivity index (χ0n) is 12.3. The third-order valence-corrected chi connectivity index (χ3v) is 5.99. The molecule has 0 aliphatic heterocycles. The second kappa shape index (κ2) is 8.03. The smallest absolute Gasteiger partial charge is 0.253 e. The summed E-state index contributed by atoms with van der Waals surface area (Å²) in [4.78, 5) is 0.229. The molecule has 0 radical (unpaired) electrons. The summed E-state index contributed by atoms with van der Waals surface area (Å²) in [6, 6.07) is 6.70. The molecule has 1 aromatic carbocycles. The molecule has 0 aliphatic carbocycles. The predicted octanol–water partition coefficient (Wildman–Crippen LogP) is 3.76. The first-order chi connectivity index (χ1) is 10.5. The SMILES string of the molecule is Cc1ccc(S(=O)(=O)Nc2nnc(CCCCCBr)s2)cc1. The number of sulfonamides is 1. The molecule has 1 aromatic heterocycles. The molecule has 5 nitrogen and oxygen atoms in total. The molecule has 8 heteroatoms. The Labute approximate surface area is 143 Å². The lowest BCUT2D eigenvalue weighted by atomic mass is 10.2. The fourth-order valence-electron chi connectivity index (χ4n) is 1.83. The average molecular weight is 404 g/mol. The number of alkyl halides is 1. The number of benzene rings is 1. The maximum Gasteiger partial charge on any atom is 0.263 e. The van der Waals surface area contributed by atoms with Gasteiger partial charge in [-0.15, -0.1) is 10.2 Å². The Morgan fingerprint density at radius 3 is 2.55 bits per heavy atom. The third-order valence-electron chi connectivity index (χ3n) is 3.04. The van der Waals surface area contributed by atoms with Crippen LogP contribution in [0.4, 0.5) is 5.13 Å². The zero-order valence-corrected chi connectivity index (χ0v) is 15.5. The highest BCUT2D eigenvalue weighted by molar-refractivity contribution is 9.09. The molecular formula is C14H18BrN3O2S2. The van der Waals surface area contributed by atoms with Crippen molar-refractivity contribution in [2.24, 2.45) is 0 Å². The van der Waals surface area contributed by atoms with Crippen LogP contribution in [0, 0.1) is 6.92 Å². The Morgan fingerprint density at radius 2 is 1.86 bits per heavy atom. The Balaban J connectivity index is 1.98. The topological polar surface area (TPSA) is 72.0 Å². The van der Waals surface area contributed by atoms with Crippen molar-refractivity contribution in [2.45, 2.75) is 37.5 Å². The van der Waals surface area contributed by atoms with Gasteiger partial charge in [0, 0.05) is 11.8 Å². The van der Waals surface area contributed by atoms with Crippen LogP contribution in [0.15, 0.2) is 29.2 Å². The van der Waals surface area contributed by atoms with E-state index >= 15 is 0 Å². The molecule has 2 rings (SSSR count). The number of nitrogens with one attached hydrogen (secondary N) is 1. The van der Waals surface area contributed by atoms with Gasteiger partial charge in [0.15, 0.2) is 0 Å². The summed E-state index contributed by atoms with van der Waals surface area (Å²) in [6.07, 6.45) is 4.11. The van der Waals surface area contributed by atoms with Crippen LogP contribution in [0.1, 0.15) is 29.8 Å². The predicted molar refractivity (Wildman–Crippen MR) is 93.2 cm³/mol. The normalized spacial score (nSPS) is 11.5. The van der Waals surface area contributed by atoms with E-state index in [1.807, 2.05) is 6.92 Å². The first kappa shape index (κ1) is 17.4. The molecule has 22 heavy (non-hydrogen) atoms. The third kappa shape index (κ3) is 5.03. The van der Waals surface area contributed by atoms with Crippen LogP contribution in [0.3, 0.4) is 0 Å². The van der Waals surface area contributed by atoms with Crippen molar-refractivity contribution in [1.29, 1.82) is 0 Å². The van der Waals surface area contributed by atoms with Crippen molar-refractivity contribution in [3.63, 3.8) is 0 Å². The van der Waals surface area contributed by atoms with Crippen LogP contribution in [0.5, 0.6) is 0 Å². The molecular weight excluding hydrogens is 386 g/mol. The van der Waals surface area contributed by atoms with Gasteiger partial charge in [-0.25, -0.2) is 8.42 Å². The van der Waals surface area contributed by atoms with E-state index < -0.39 is 10.0 Å². The number of anilines is 1. The molecule has 0 aliphatic rings. The molecule has 1 heterocycles. The average Bonchev–Trinajstić information content (AvgIpc) is 2.91. The molecule has 120 valence electrons. The summed E-state index contributed by atoms with van der Waals surface area (Å²) in [5.41, 5.74) is 1.01. The standard InChI is InChI=1S/C14H18BrN3O2S2/c1-11-6-8-12(9-7-11)22(19,20)18-14-17-16-13(21-14)5-3-2-4-10-15/h6-9H,2-5,10H2,1H3,(H,17,18). The highest BCUT2D eigenvalue weighted by Crippen LogP contribution is 2.21. The van der Waals surface area contributed by atoms with Crippen molar-refractivity contribution in [2.75, 3.05) is 10.1 Å². The van der Waals surface area contributed by atoms with Crippen molar-refractivity contribution in [3.05, 3.63) is 34.8 Å². The molecule has 0 atom stereocenters. The number of unbranched alkanes of at least 4 members (excludes halogenated alkanes) is 2. The number of hydrogen-bond acceptors (Lipinski definition) is 5. The molecule has 0 bridgehead atoms. The Kier molecular flexibility index (Phi) is 6.34. The van der Waals surface area contributed by atoms with E-state index in [9.17, 15) is 8.42 Å². The van der Waals surface area contributed by atoms with Gasteiger partial charge in [-0.2, -0.15) is 0 Å². The van der Waals surface area contributed by atoms with E-state index in [4.69, 9.17) is 0 Å². The molecule has 1 N–H and O–H groups in total. The zero-order chi connectivity index (χ0) is 16.0. The van der Waals surface area contributed by atoms with Gasteiger partial charge in [0.2, 0.25) is 5.13 Å². The van der Waals surface area contributed by atoms with Crippen LogP contribution < -0.4 is 4.72 Å². The van der Waals surface area contributed by atoms with E-state index in [2.05, 4.69) is 30.8 Å². The van der Waals surface area contributed by atoms with E-state index in [0.717, 1.165) is 41.6 Å². The number of aryl methyl sites for hydroxylation is 2. The lowest BCUT2D eigenvalue weighted by molar-refractivity contribution is 0.601. The van der Waals surface area contributed by atoms with Gasteiger partial charge in [-0.1, -0.05) is 51.4 Å². The number of hydrogen-bond donors (Lipinski definition) is 1. The van der Waals surface area contributed by atoms with Crippen LogP contribution in [-0.4, -0.2) is 23.9 Å². The minimum Gasteiger partial charge on any atom is -0.253 e. The van der Waals surface area contributed by atoms with Gasteiger partial charge in [-0.3, -0.25) is 4.72 Å². The van der Waals surface area contributed by atoms with Crippen LogP contribution in [0.2, 0.25) is 0 Å². The van der Waals surface area contributed by atoms with Crippen LogP contribution in [0.25, 0.3) is 0 Å². The molecule has 0 fully saturated rings. The van der Waals surface area contributed by atoms with E-state index in [0.29, 0.717) is 5.13 Å². The monoisotopic (exact) mass is 403 g/mol. The molecule has 0 amide bonds. The molecule has 2 aromatic rings. The quantitative estimate of drug-likeness (QED) is 0.537. The highest BCUT2D eigenvalue weighted by atomic mass is 79.9. The highest BCUT2D eigenvalue weighted by Gasteiger charge is 2.16. The molecule has 0 saturated carbocycles. The summed E-state index contributed by atoms with van der Waals surface area (Å²) in [6.45, 7) is 1.91. The van der Waals surface area contributed by atoms with Crippen LogP contribution in [-0.2, 0) is 16.4 Å². The molecule has 0 spiro atoms. The number of halogens is 1. The minimum atomic E-state index is -3.59. The summed E-state index contributed by atoms with van der Waals surface area (Å²) in [5.74, 6) is 0. The van der Waals surface area contributed by atoms with Crippen molar-refractivity contribution in [1.82, 2.24) is 10.2 Å². The maximum absolute atomic E-state index is 12.2. The maximum atomic E-state index is 12.2. The van der Waals surface area contributed by atoms with Gasteiger partial charge in [0.1, 0.15) is 5.01 Å². The summed E-state index contributed by atoms with van der Waals surface area (Å²) >= 11 is 4.69. The van der Waals surface area contributed by atoms with Gasteiger partial charge in [0.05, 0.1) is 4.90 Å². The van der Waals surface area contributed by atoms with Gasteiger partial charge in [0.25, 0.3) is 10.0 Å². The number of aromatic nitrogens is 2. The Bertz CT molecular complexity index is 699. The lowest BCUT2D eigenvalue weighted by Crippen LogP contribution is -2.12. The number of nitrogens with zero attached hydrogens (tertiary/aromatic N) is 2.